The van der Waals surface area contributed by atoms with Crippen LogP contribution in [0, 0.1) is 5.82 Å². The smallest absolute Gasteiger partial charge is 0.243 e. The first-order valence-electron chi connectivity index (χ1n) is 11.0. The molecule has 8 heteroatoms. The molecule has 3 aromatic rings. The van der Waals surface area contributed by atoms with E-state index in [1.165, 1.54) is 29.7 Å². The van der Waals surface area contributed by atoms with Gasteiger partial charge in [-0.2, -0.15) is 4.31 Å². The maximum absolute atomic E-state index is 13.2. The third-order valence-corrected chi connectivity index (χ3v) is 8.21. The molecule has 0 saturated carbocycles. The molecule has 2 heterocycles. The number of anilines is 1. The first-order chi connectivity index (χ1) is 15.5. The Kier molecular flexibility index (Phi) is 5.65. The molecule has 5 rings (SSSR count). The number of benzene rings is 2. The van der Waals surface area contributed by atoms with Gasteiger partial charge in [0.1, 0.15) is 5.82 Å². The Morgan fingerprint density at radius 3 is 2.19 bits per heavy atom. The van der Waals surface area contributed by atoms with Crippen LogP contribution in [-0.2, 0) is 22.9 Å². The average molecular weight is 453 g/mol. The van der Waals surface area contributed by atoms with Gasteiger partial charge >= 0.3 is 0 Å². The predicted octanol–water partition coefficient (Wildman–Crippen LogP) is 3.67. The van der Waals surface area contributed by atoms with E-state index in [1.54, 1.807) is 22.5 Å². The highest BCUT2D eigenvalue weighted by Crippen LogP contribution is 2.27. The van der Waals surface area contributed by atoms with Crippen LogP contribution in [-0.4, -0.2) is 49.1 Å². The minimum atomic E-state index is -3.51. The molecule has 0 radical (unpaired) electrons. The Labute approximate surface area is 187 Å². The van der Waals surface area contributed by atoms with Crippen LogP contribution in [0.1, 0.15) is 24.0 Å². The summed E-state index contributed by atoms with van der Waals surface area (Å²) < 4.78 is 41.1. The Hall–Kier alpha value is -2.84. The van der Waals surface area contributed by atoms with Crippen molar-refractivity contribution in [2.24, 2.45) is 0 Å². The number of halogens is 1. The molecule has 1 aromatic heterocycles. The van der Waals surface area contributed by atoms with Gasteiger partial charge in [0, 0.05) is 31.7 Å². The van der Waals surface area contributed by atoms with Crippen LogP contribution in [0.2, 0.25) is 0 Å². The average Bonchev–Trinajstić information content (AvgIpc) is 2.84. The van der Waals surface area contributed by atoms with E-state index < -0.39 is 10.0 Å². The maximum atomic E-state index is 13.2. The van der Waals surface area contributed by atoms with Crippen LogP contribution in [0.3, 0.4) is 0 Å². The fraction of sp³-hybridized carbons (Fsp3) is 0.333. The monoisotopic (exact) mass is 452 g/mol. The third kappa shape index (κ3) is 4.12. The summed E-state index contributed by atoms with van der Waals surface area (Å²) in [7, 11) is -3.51. The van der Waals surface area contributed by atoms with Crippen LogP contribution < -0.4 is 4.90 Å². The number of hydrogen-bond acceptors (Lipinski definition) is 5. The number of sulfonamides is 1. The fourth-order valence-corrected chi connectivity index (χ4v) is 5.92. The molecule has 6 nitrogen and oxygen atoms in total. The number of nitrogens with zero attached hydrogens (tertiary/aromatic N) is 4. The van der Waals surface area contributed by atoms with Crippen molar-refractivity contribution >= 4 is 15.8 Å². The summed E-state index contributed by atoms with van der Waals surface area (Å²) in [6.07, 6.45) is 4.29. The Balaban J connectivity index is 1.26. The van der Waals surface area contributed by atoms with Gasteiger partial charge in [0.2, 0.25) is 10.0 Å². The molecule has 2 aliphatic rings. The summed E-state index contributed by atoms with van der Waals surface area (Å²) in [6.45, 7) is 1.91. The zero-order valence-electron chi connectivity index (χ0n) is 17.7. The number of hydrogen-bond donors (Lipinski definition) is 0. The van der Waals surface area contributed by atoms with E-state index in [2.05, 4.69) is 10.2 Å². The van der Waals surface area contributed by atoms with Crippen LogP contribution in [0.25, 0.3) is 11.3 Å². The van der Waals surface area contributed by atoms with Crippen molar-refractivity contribution in [1.82, 2.24) is 14.5 Å². The molecule has 32 heavy (non-hydrogen) atoms. The second kappa shape index (κ2) is 8.60. The first-order valence-corrected chi connectivity index (χ1v) is 12.4. The summed E-state index contributed by atoms with van der Waals surface area (Å²) >= 11 is 0. The Bertz CT molecular complexity index is 1210. The van der Waals surface area contributed by atoms with Gasteiger partial charge in [-0.15, -0.1) is 10.2 Å². The standard InChI is InChI=1S/C24H25FN4O2S/c25-21-8-5-19(6-9-21)23-11-12-24(27-26-23)28-13-15-29(16-14-28)32(30,31)22-10-7-18-3-1-2-4-20(18)17-22/h5-12,17H,1-4,13-16H2. The Morgan fingerprint density at radius 2 is 1.50 bits per heavy atom. The zero-order chi connectivity index (χ0) is 22.1. The van der Waals surface area contributed by atoms with Gasteiger partial charge in [-0.1, -0.05) is 6.07 Å². The molecule has 166 valence electrons. The van der Waals surface area contributed by atoms with Gasteiger partial charge in [-0.25, -0.2) is 12.8 Å². The quantitative estimate of drug-likeness (QED) is 0.604. The van der Waals surface area contributed by atoms with Crippen LogP contribution in [0.4, 0.5) is 10.2 Å². The topological polar surface area (TPSA) is 66.4 Å². The summed E-state index contributed by atoms with van der Waals surface area (Å²) in [6, 6.07) is 15.5. The van der Waals surface area contributed by atoms with Crippen LogP contribution in [0.15, 0.2) is 59.5 Å². The third-order valence-electron chi connectivity index (χ3n) is 6.31. The normalized spacial score (nSPS) is 17.2. The minimum absolute atomic E-state index is 0.290. The van der Waals surface area contributed by atoms with Crippen molar-refractivity contribution < 1.29 is 12.8 Å². The molecule has 1 saturated heterocycles. The van der Waals surface area contributed by atoms with Crippen molar-refractivity contribution in [3.63, 3.8) is 0 Å². The van der Waals surface area contributed by atoms with Crippen molar-refractivity contribution in [3.05, 3.63) is 71.5 Å². The second-order valence-electron chi connectivity index (χ2n) is 8.31. The number of rotatable bonds is 4. The highest BCUT2D eigenvalue weighted by atomic mass is 32.2. The van der Waals surface area contributed by atoms with Crippen molar-refractivity contribution in [3.8, 4) is 11.3 Å². The van der Waals surface area contributed by atoms with Gasteiger partial charge in [-0.05, 0) is 85.3 Å². The highest BCUT2D eigenvalue weighted by molar-refractivity contribution is 7.89. The van der Waals surface area contributed by atoms with Crippen molar-refractivity contribution in [1.29, 1.82) is 0 Å². The molecular formula is C24H25FN4O2S. The van der Waals surface area contributed by atoms with Gasteiger partial charge in [0.05, 0.1) is 10.6 Å². The Morgan fingerprint density at radius 1 is 0.781 bits per heavy atom. The number of piperazine rings is 1. The predicted molar refractivity (Wildman–Crippen MR) is 121 cm³/mol. The van der Waals surface area contributed by atoms with Crippen molar-refractivity contribution in [2.75, 3.05) is 31.1 Å². The number of fused-ring (bicyclic) bond motifs is 1. The number of aromatic nitrogens is 2. The van der Waals surface area contributed by atoms with Gasteiger partial charge in [-0.3, -0.25) is 0 Å². The maximum Gasteiger partial charge on any atom is 0.243 e. The molecule has 1 fully saturated rings. The van der Waals surface area contributed by atoms with E-state index in [1.807, 2.05) is 29.2 Å². The lowest BCUT2D eigenvalue weighted by Crippen LogP contribution is -2.49. The van der Waals surface area contributed by atoms with E-state index in [4.69, 9.17) is 0 Å². The van der Waals surface area contributed by atoms with Crippen LogP contribution >= 0.6 is 0 Å². The van der Waals surface area contributed by atoms with Crippen LogP contribution in [0.5, 0.6) is 0 Å². The number of aryl methyl sites for hydroxylation is 2. The van der Waals surface area contributed by atoms with E-state index in [0.717, 1.165) is 24.8 Å². The van der Waals surface area contributed by atoms with Gasteiger partial charge < -0.3 is 4.90 Å². The van der Waals surface area contributed by atoms with E-state index in [9.17, 15) is 12.8 Å². The molecule has 0 unspecified atom stereocenters. The highest BCUT2D eigenvalue weighted by Gasteiger charge is 2.29. The lowest BCUT2D eigenvalue weighted by atomic mass is 9.92. The van der Waals surface area contributed by atoms with E-state index in [0.29, 0.717) is 42.6 Å². The lowest BCUT2D eigenvalue weighted by Gasteiger charge is -2.34. The second-order valence-corrected chi connectivity index (χ2v) is 10.3. The largest absolute Gasteiger partial charge is 0.352 e. The molecule has 0 N–H and O–H groups in total. The molecule has 2 aromatic carbocycles. The molecule has 0 spiro atoms. The fourth-order valence-electron chi connectivity index (χ4n) is 4.45. The molecular weight excluding hydrogens is 427 g/mol. The summed E-state index contributed by atoms with van der Waals surface area (Å²) in [5.74, 6) is 0.420. The minimum Gasteiger partial charge on any atom is -0.352 e. The SMILES string of the molecule is O=S(=O)(c1ccc2c(c1)CCCC2)N1CCN(c2ccc(-c3ccc(F)cc3)nn2)CC1. The van der Waals surface area contributed by atoms with E-state index >= 15 is 0 Å². The van der Waals surface area contributed by atoms with Crippen molar-refractivity contribution in [2.45, 2.75) is 30.6 Å². The molecule has 0 amide bonds. The molecule has 0 atom stereocenters. The zero-order valence-corrected chi connectivity index (χ0v) is 18.6. The van der Waals surface area contributed by atoms with E-state index in [-0.39, 0.29) is 5.82 Å². The summed E-state index contributed by atoms with van der Waals surface area (Å²) in [5.41, 5.74) is 3.92. The molecule has 0 bridgehead atoms. The lowest BCUT2D eigenvalue weighted by molar-refractivity contribution is 0.383. The van der Waals surface area contributed by atoms with Gasteiger partial charge in [0.15, 0.2) is 5.82 Å². The molecule has 1 aliphatic heterocycles. The first kappa shape index (κ1) is 21.0. The summed E-state index contributed by atoms with van der Waals surface area (Å²) in [4.78, 5) is 2.44. The summed E-state index contributed by atoms with van der Waals surface area (Å²) in [5, 5.41) is 8.57. The van der Waals surface area contributed by atoms with Gasteiger partial charge in [0.25, 0.3) is 0 Å². The molecule has 1 aliphatic carbocycles.